The summed E-state index contributed by atoms with van der Waals surface area (Å²) in [7, 11) is 0. The van der Waals surface area contributed by atoms with Crippen molar-refractivity contribution in [2.75, 3.05) is 31.9 Å². The third-order valence-corrected chi connectivity index (χ3v) is 5.24. The Hall–Kier alpha value is -1.37. The topological polar surface area (TPSA) is 54.2 Å². The number of aromatic nitrogens is 2. The van der Waals surface area contributed by atoms with Crippen molar-refractivity contribution in [2.45, 2.75) is 17.4 Å². The Morgan fingerprint density at radius 3 is 3.05 bits per heavy atom. The second-order valence-electron chi connectivity index (χ2n) is 5.48. The molecule has 2 aliphatic heterocycles. The number of hydrogen-bond donors (Lipinski definition) is 1. The Bertz CT molecular complexity index is 624. The highest BCUT2D eigenvalue weighted by atomic mass is 32.2. The van der Waals surface area contributed by atoms with Crippen molar-refractivity contribution in [1.82, 2.24) is 20.4 Å². The van der Waals surface area contributed by atoms with Gasteiger partial charge in [-0.15, -0.1) is 11.8 Å². The Morgan fingerprint density at radius 1 is 1.29 bits per heavy atom. The zero-order valence-electron chi connectivity index (χ0n) is 11.8. The highest BCUT2D eigenvalue weighted by Gasteiger charge is 2.29. The molecule has 2 aromatic rings. The minimum Gasteiger partial charge on any atom is -0.339 e. The molecule has 110 valence electrons. The lowest BCUT2D eigenvalue weighted by Gasteiger charge is -2.25. The molecule has 0 amide bonds. The summed E-state index contributed by atoms with van der Waals surface area (Å²) in [5.74, 6) is 2.81. The first-order valence-corrected chi connectivity index (χ1v) is 8.36. The quantitative estimate of drug-likeness (QED) is 0.931. The molecule has 1 saturated heterocycles. The van der Waals surface area contributed by atoms with Crippen LogP contribution in [0.4, 0.5) is 0 Å². The Balaban J connectivity index is 1.50. The van der Waals surface area contributed by atoms with Crippen molar-refractivity contribution in [3.05, 3.63) is 41.5 Å². The van der Waals surface area contributed by atoms with E-state index in [1.54, 1.807) is 0 Å². The average Bonchev–Trinajstić information content (AvgIpc) is 3.14. The van der Waals surface area contributed by atoms with Crippen LogP contribution in [0, 0.1) is 0 Å². The van der Waals surface area contributed by atoms with Gasteiger partial charge in [0.1, 0.15) is 0 Å². The van der Waals surface area contributed by atoms with Gasteiger partial charge in [-0.3, -0.25) is 4.90 Å². The van der Waals surface area contributed by atoms with E-state index in [2.05, 4.69) is 44.6 Å². The van der Waals surface area contributed by atoms with Gasteiger partial charge >= 0.3 is 0 Å². The summed E-state index contributed by atoms with van der Waals surface area (Å²) in [6.07, 6.45) is 0. The van der Waals surface area contributed by atoms with Crippen LogP contribution < -0.4 is 5.32 Å². The molecule has 5 nitrogen and oxygen atoms in total. The predicted octanol–water partition coefficient (Wildman–Crippen LogP) is 1.71. The molecule has 1 atom stereocenters. The molecule has 1 fully saturated rings. The van der Waals surface area contributed by atoms with Crippen molar-refractivity contribution >= 4 is 11.8 Å². The minimum atomic E-state index is 0.246. The van der Waals surface area contributed by atoms with E-state index in [1.165, 1.54) is 10.5 Å². The number of hydrogen-bond acceptors (Lipinski definition) is 6. The zero-order valence-corrected chi connectivity index (χ0v) is 12.6. The molecule has 1 aromatic heterocycles. The van der Waals surface area contributed by atoms with Crippen LogP contribution in [-0.4, -0.2) is 47.0 Å². The van der Waals surface area contributed by atoms with E-state index in [0.717, 1.165) is 50.2 Å². The smallest absolute Gasteiger partial charge is 0.235 e. The number of nitrogens with one attached hydrogen (secondary N) is 1. The van der Waals surface area contributed by atoms with Crippen LogP contribution in [0.1, 0.15) is 23.2 Å². The Kier molecular flexibility index (Phi) is 3.67. The van der Waals surface area contributed by atoms with Gasteiger partial charge in [-0.05, 0) is 11.6 Å². The molecular formula is C15H18N4OS. The molecule has 3 heterocycles. The SMILES string of the molecule is c1ccc2c(c1)SCC2c1nc(CN2CCNCC2)no1. The van der Waals surface area contributed by atoms with Crippen molar-refractivity contribution in [3.8, 4) is 0 Å². The predicted molar refractivity (Wildman–Crippen MR) is 81.5 cm³/mol. The van der Waals surface area contributed by atoms with Crippen molar-refractivity contribution in [2.24, 2.45) is 0 Å². The molecule has 21 heavy (non-hydrogen) atoms. The van der Waals surface area contributed by atoms with Gasteiger partial charge in [-0.25, -0.2) is 0 Å². The monoisotopic (exact) mass is 302 g/mol. The molecule has 4 rings (SSSR count). The summed E-state index contributed by atoms with van der Waals surface area (Å²) in [5.41, 5.74) is 1.32. The van der Waals surface area contributed by atoms with E-state index in [4.69, 9.17) is 4.52 Å². The average molecular weight is 302 g/mol. The van der Waals surface area contributed by atoms with Gasteiger partial charge in [-0.2, -0.15) is 4.98 Å². The fourth-order valence-electron chi connectivity index (χ4n) is 2.91. The molecule has 1 aromatic carbocycles. The fraction of sp³-hybridized carbons (Fsp3) is 0.467. The van der Waals surface area contributed by atoms with Crippen molar-refractivity contribution in [1.29, 1.82) is 0 Å². The zero-order chi connectivity index (χ0) is 14.1. The number of thioether (sulfide) groups is 1. The molecule has 0 spiro atoms. The number of nitrogens with zero attached hydrogens (tertiary/aromatic N) is 3. The van der Waals surface area contributed by atoms with Crippen molar-refractivity contribution < 1.29 is 4.52 Å². The first-order valence-electron chi connectivity index (χ1n) is 7.37. The second-order valence-corrected chi connectivity index (χ2v) is 6.54. The first kappa shape index (κ1) is 13.3. The number of piperazine rings is 1. The van der Waals surface area contributed by atoms with Gasteiger partial charge in [0.2, 0.25) is 5.89 Å². The summed E-state index contributed by atoms with van der Waals surface area (Å²) in [5, 5.41) is 7.52. The second kappa shape index (κ2) is 5.79. The normalized spacial score (nSPS) is 22.4. The summed E-state index contributed by atoms with van der Waals surface area (Å²) in [6, 6.07) is 8.49. The lowest BCUT2D eigenvalue weighted by Crippen LogP contribution is -2.43. The van der Waals surface area contributed by atoms with Crippen LogP contribution in [0.5, 0.6) is 0 Å². The Labute approximate surface area is 128 Å². The van der Waals surface area contributed by atoms with Gasteiger partial charge in [0, 0.05) is 36.8 Å². The molecule has 1 unspecified atom stereocenters. The van der Waals surface area contributed by atoms with Gasteiger partial charge in [-0.1, -0.05) is 23.4 Å². The summed E-state index contributed by atoms with van der Waals surface area (Å²) in [4.78, 5) is 8.33. The van der Waals surface area contributed by atoms with Crippen LogP contribution >= 0.6 is 11.8 Å². The van der Waals surface area contributed by atoms with Gasteiger partial charge in [0.25, 0.3) is 0 Å². The van der Waals surface area contributed by atoms with Crippen LogP contribution in [0.3, 0.4) is 0 Å². The maximum absolute atomic E-state index is 5.53. The van der Waals surface area contributed by atoms with Crippen molar-refractivity contribution in [3.63, 3.8) is 0 Å². The molecule has 0 radical (unpaired) electrons. The van der Waals surface area contributed by atoms with E-state index < -0.39 is 0 Å². The summed E-state index contributed by atoms with van der Waals surface area (Å²) >= 11 is 1.87. The lowest BCUT2D eigenvalue weighted by molar-refractivity contribution is 0.224. The van der Waals surface area contributed by atoms with Crippen LogP contribution in [0.15, 0.2) is 33.7 Å². The molecule has 6 heteroatoms. The van der Waals surface area contributed by atoms with E-state index in [0.29, 0.717) is 0 Å². The van der Waals surface area contributed by atoms with E-state index in [-0.39, 0.29) is 5.92 Å². The van der Waals surface area contributed by atoms with E-state index in [9.17, 15) is 0 Å². The third kappa shape index (κ3) is 2.71. The first-order chi connectivity index (χ1) is 10.4. The Morgan fingerprint density at radius 2 is 2.14 bits per heavy atom. The molecule has 0 aliphatic carbocycles. The maximum atomic E-state index is 5.53. The largest absolute Gasteiger partial charge is 0.339 e. The molecular weight excluding hydrogens is 284 g/mol. The van der Waals surface area contributed by atoms with Gasteiger partial charge in [0.15, 0.2) is 5.82 Å². The minimum absolute atomic E-state index is 0.246. The summed E-state index contributed by atoms with van der Waals surface area (Å²) in [6.45, 7) is 4.96. The van der Waals surface area contributed by atoms with E-state index in [1.807, 2.05) is 11.8 Å². The molecule has 0 bridgehead atoms. The number of benzene rings is 1. The van der Waals surface area contributed by atoms with Crippen LogP contribution in [0.25, 0.3) is 0 Å². The summed E-state index contributed by atoms with van der Waals surface area (Å²) < 4.78 is 5.53. The molecule has 0 saturated carbocycles. The molecule has 1 N–H and O–H groups in total. The standard InChI is InChI=1S/C15H18N4OS/c1-2-4-13-11(3-1)12(10-21-13)15-17-14(18-20-15)9-19-7-5-16-6-8-19/h1-4,12,16H,5-10H2. The van der Waals surface area contributed by atoms with Crippen LogP contribution in [0.2, 0.25) is 0 Å². The van der Waals surface area contributed by atoms with Gasteiger partial charge < -0.3 is 9.84 Å². The highest BCUT2D eigenvalue weighted by molar-refractivity contribution is 7.99. The number of fused-ring (bicyclic) bond motifs is 1. The number of rotatable bonds is 3. The van der Waals surface area contributed by atoms with Gasteiger partial charge in [0.05, 0.1) is 12.5 Å². The fourth-order valence-corrected chi connectivity index (χ4v) is 4.13. The molecule has 2 aliphatic rings. The van der Waals surface area contributed by atoms with Crippen LogP contribution in [-0.2, 0) is 6.54 Å². The van der Waals surface area contributed by atoms with E-state index >= 15 is 0 Å². The lowest BCUT2D eigenvalue weighted by atomic mass is 10.0. The third-order valence-electron chi connectivity index (χ3n) is 4.06. The maximum Gasteiger partial charge on any atom is 0.235 e. The highest BCUT2D eigenvalue weighted by Crippen LogP contribution is 2.42.